The number of aliphatic hydroxyl groups excluding tert-OH is 1. The first-order chi connectivity index (χ1) is 7.20. The van der Waals surface area contributed by atoms with Crippen molar-refractivity contribution in [1.82, 2.24) is 4.90 Å². The van der Waals surface area contributed by atoms with E-state index in [1.165, 1.54) is 19.3 Å². The first-order valence-corrected chi connectivity index (χ1v) is 6.38. The lowest BCUT2D eigenvalue weighted by molar-refractivity contribution is 0.00845. The molecule has 0 aromatic heterocycles. The Morgan fingerprint density at radius 3 is 2.67 bits per heavy atom. The van der Waals surface area contributed by atoms with Crippen LogP contribution in [-0.4, -0.2) is 41.3 Å². The Hall–Kier alpha value is -0.120. The van der Waals surface area contributed by atoms with Gasteiger partial charge in [-0.15, -0.1) is 0 Å². The zero-order chi connectivity index (χ0) is 10.8. The Morgan fingerprint density at radius 1 is 1.40 bits per heavy atom. The summed E-state index contributed by atoms with van der Waals surface area (Å²) in [6, 6.07) is 1.04. The number of aliphatic hydroxyl groups is 1. The van der Waals surface area contributed by atoms with E-state index in [1.54, 1.807) is 0 Å². The smallest absolute Gasteiger partial charge is 0.0578 e. The van der Waals surface area contributed by atoms with Crippen LogP contribution in [0.4, 0.5) is 0 Å². The predicted octanol–water partition coefficient (Wildman–Crippen LogP) is 0.959. The molecule has 1 aliphatic heterocycles. The summed E-state index contributed by atoms with van der Waals surface area (Å²) in [6.07, 6.45) is 5.74. The van der Waals surface area contributed by atoms with Crippen molar-refractivity contribution in [2.75, 3.05) is 13.1 Å². The normalized spacial score (nSPS) is 36.2. The third-order valence-corrected chi connectivity index (χ3v) is 4.10. The maximum atomic E-state index is 9.91. The number of likely N-dealkylation sites (tertiary alicyclic amines) is 1. The Balaban J connectivity index is 1.91. The molecule has 3 atom stereocenters. The highest BCUT2D eigenvalue weighted by molar-refractivity contribution is 4.90. The standard InChI is InChI=1S/C12H24N2O/c1-2-12(15)9-6-10(13)8-14(7-9)11-4-3-5-11/h9-12,15H,2-8,13H2,1H3. The van der Waals surface area contributed by atoms with Crippen LogP contribution in [0.3, 0.4) is 0 Å². The van der Waals surface area contributed by atoms with Gasteiger partial charge in [0.2, 0.25) is 0 Å². The van der Waals surface area contributed by atoms with Crippen LogP contribution in [0.5, 0.6) is 0 Å². The summed E-state index contributed by atoms with van der Waals surface area (Å²) in [5.74, 6) is 0.402. The molecule has 1 heterocycles. The first-order valence-electron chi connectivity index (χ1n) is 6.38. The summed E-state index contributed by atoms with van der Waals surface area (Å²) in [5.41, 5.74) is 6.07. The summed E-state index contributed by atoms with van der Waals surface area (Å²) in [5, 5.41) is 9.91. The second kappa shape index (κ2) is 4.81. The highest BCUT2D eigenvalue weighted by atomic mass is 16.3. The SMILES string of the molecule is CCC(O)C1CC(N)CN(C2CCC2)C1. The van der Waals surface area contributed by atoms with E-state index in [-0.39, 0.29) is 12.1 Å². The highest BCUT2D eigenvalue weighted by Crippen LogP contribution is 2.30. The lowest BCUT2D eigenvalue weighted by Gasteiger charge is -2.45. The van der Waals surface area contributed by atoms with E-state index in [0.29, 0.717) is 5.92 Å². The molecule has 0 radical (unpaired) electrons. The maximum Gasteiger partial charge on any atom is 0.0578 e. The van der Waals surface area contributed by atoms with Crippen molar-refractivity contribution in [3.63, 3.8) is 0 Å². The van der Waals surface area contributed by atoms with Crippen molar-refractivity contribution in [2.45, 2.75) is 57.2 Å². The fraction of sp³-hybridized carbons (Fsp3) is 1.00. The van der Waals surface area contributed by atoms with Gasteiger partial charge in [-0.2, -0.15) is 0 Å². The third-order valence-electron chi connectivity index (χ3n) is 4.10. The Kier molecular flexibility index (Phi) is 3.65. The molecule has 2 rings (SSSR count). The van der Waals surface area contributed by atoms with Crippen LogP contribution >= 0.6 is 0 Å². The highest BCUT2D eigenvalue weighted by Gasteiger charge is 2.34. The number of piperidine rings is 1. The molecule has 1 saturated carbocycles. The number of nitrogens with zero attached hydrogens (tertiary/aromatic N) is 1. The molecule has 88 valence electrons. The fourth-order valence-corrected chi connectivity index (χ4v) is 2.88. The molecule has 0 aromatic rings. The second-order valence-electron chi connectivity index (χ2n) is 5.27. The van der Waals surface area contributed by atoms with Gasteiger partial charge < -0.3 is 10.8 Å². The van der Waals surface area contributed by atoms with Crippen LogP contribution in [0.25, 0.3) is 0 Å². The van der Waals surface area contributed by atoms with E-state index in [4.69, 9.17) is 5.73 Å². The molecule has 2 aliphatic rings. The first kappa shape index (κ1) is 11.4. The monoisotopic (exact) mass is 212 g/mol. The molecule has 15 heavy (non-hydrogen) atoms. The largest absolute Gasteiger partial charge is 0.393 e. The van der Waals surface area contributed by atoms with Crippen molar-refractivity contribution in [2.24, 2.45) is 11.7 Å². The summed E-state index contributed by atoms with van der Waals surface area (Å²) in [7, 11) is 0. The molecule has 0 amide bonds. The lowest BCUT2D eigenvalue weighted by atomic mass is 9.84. The molecule has 3 heteroatoms. The molecule has 3 nitrogen and oxygen atoms in total. The minimum Gasteiger partial charge on any atom is -0.393 e. The Bertz CT molecular complexity index is 193. The number of hydrogen-bond donors (Lipinski definition) is 2. The van der Waals surface area contributed by atoms with Gasteiger partial charge in [-0.1, -0.05) is 13.3 Å². The Morgan fingerprint density at radius 2 is 2.13 bits per heavy atom. The van der Waals surface area contributed by atoms with Gasteiger partial charge in [-0.3, -0.25) is 4.90 Å². The minimum absolute atomic E-state index is 0.154. The van der Waals surface area contributed by atoms with Crippen molar-refractivity contribution in [3.05, 3.63) is 0 Å². The quantitative estimate of drug-likeness (QED) is 0.732. The van der Waals surface area contributed by atoms with Gasteiger partial charge in [0, 0.05) is 25.2 Å². The van der Waals surface area contributed by atoms with E-state index >= 15 is 0 Å². The number of nitrogens with two attached hydrogens (primary N) is 1. The number of rotatable bonds is 3. The van der Waals surface area contributed by atoms with Crippen LogP contribution in [0.2, 0.25) is 0 Å². The van der Waals surface area contributed by atoms with Crippen molar-refractivity contribution < 1.29 is 5.11 Å². The lowest BCUT2D eigenvalue weighted by Crippen LogP contribution is -2.54. The summed E-state index contributed by atoms with van der Waals surface area (Å²) in [6.45, 7) is 4.16. The average molecular weight is 212 g/mol. The van der Waals surface area contributed by atoms with E-state index in [1.807, 2.05) is 0 Å². The van der Waals surface area contributed by atoms with Crippen molar-refractivity contribution in [1.29, 1.82) is 0 Å². The van der Waals surface area contributed by atoms with Crippen LogP contribution in [0.15, 0.2) is 0 Å². The zero-order valence-electron chi connectivity index (χ0n) is 9.73. The molecule has 3 N–H and O–H groups in total. The van der Waals surface area contributed by atoms with Gasteiger partial charge in [0.25, 0.3) is 0 Å². The molecular weight excluding hydrogens is 188 g/mol. The number of hydrogen-bond acceptors (Lipinski definition) is 3. The van der Waals surface area contributed by atoms with Crippen LogP contribution in [0.1, 0.15) is 39.0 Å². The van der Waals surface area contributed by atoms with E-state index in [2.05, 4.69) is 11.8 Å². The topological polar surface area (TPSA) is 49.5 Å². The van der Waals surface area contributed by atoms with Gasteiger partial charge in [0.05, 0.1) is 6.10 Å². The second-order valence-corrected chi connectivity index (χ2v) is 5.27. The van der Waals surface area contributed by atoms with Crippen LogP contribution in [-0.2, 0) is 0 Å². The molecule has 0 spiro atoms. The van der Waals surface area contributed by atoms with Crippen LogP contribution < -0.4 is 5.73 Å². The fourth-order valence-electron chi connectivity index (χ4n) is 2.88. The maximum absolute atomic E-state index is 9.91. The van der Waals surface area contributed by atoms with Gasteiger partial charge in [-0.25, -0.2) is 0 Å². The molecule has 3 unspecified atom stereocenters. The van der Waals surface area contributed by atoms with Gasteiger partial charge >= 0.3 is 0 Å². The summed E-state index contributed by atoms with van der Waals surface area (Å²) < 4.78 is 0. The van der Waals surface area contributed by atoms with E-state index in [9.17, 15) is 5.11 Å². The van der Waals surface area contributed by atoms with Gasteiger partial charge in [0.15, 0.2) is 0 Å². The summed E-state index contributed by atoms with van der Waals surface area (Å²) in [4.78, 5) is 2.52. The van der Waals surface area contributed by atoms with Crippen molar-refractivity contribution in [3.8, 4) is 0 Å². The van der Waals surface area contributed by atoms with E-state index < -0.39 is 0 Å². The molecule has 0 bridgehead atoms. The molecular formula is C12H24N2O. The average Bonchev–Trinajstić information content (AvgIpc) is 2.13. The third kappa shape index (κ3) is 2.52. The van der Waals surface area contributed by atoms with Gasteiger partial charge in [-0.05, 0) is 31.6 Å². The molecule has 2 fully saturated rings. The predicted molar refractivity (Wildman–Crippen MR) is 61.6 cm³/mol. The van der Waals surface area contributed by atoms with Gasteiger partial charge in [0.1, 0.15) is 0 Å². The Labute approximate surface area is 92.6 Å². The molecule has 1 saturated heterocycles. The zero-order valence-corrected chi connectivity index (χ0v) is 9.73. The summed E-state index contributed by atoms with van der Waals surface area (Å²) >= 11 is 0. The van der Waals surface area contributed by atoms with Crippen molar-refractivity contribution >= 4 is 0 Å². The molecule has 0 aromatic carbocycles. The molecule has 1 aliphatic carbocycles. The van der Waals surface area contributed by atoms with Crippen LogP contribution in [0, 0.1) is 5.92 Å². The minimum atomic E-state index is -0.154. The van der Waals surface area contributed by atoms with E-state index in [0.717, 1.165) is 32.0 Å².